The third-order valence-corrected chi connectivity index (χ3v) is 3.34. The highest BCUT2D eigenvalue weighted by Gasteiger charge is 2.19. The van der Waals surface area contributed by atoms with Gasteiger partial charge in [0.05, 0.1) is 17.7 Å². The van der Waals surface area contributed by atoms with Crippen LogP contribution in [0.1, 0.15) is 10.4 Å². The molecule has 20 heavy (non-hydrogen) atoms. The van der Waals surface area contributed by atoms with Gasteiger partial charge >= 0.3 is 16.1 Å². The second-order valence-corrected chi connectivity index (χ2v) is 6.30. The molecule has 0 fully saturated rings. The fourth-order valence-electron chi connectivity index (χ4n) is 1.13. The Morgan fingerprint density at radius 1 is 1.40 bits per heavy atom. The first kappa shape index (κ1) is 16.6. The Bertz CT molecular complexity index is 590. The number of oxime groups is 1. The molecule has 1 aromatic rings. The summed E-state index contributed by atoms with van der Waals surface area (Å²) in [6.45, 7) is 2.11. The summed E-state index contributed by atoms with van der Waals surface area (Å²) in [4.78, 5) is 12.3. The van der Waals surface area contributed by atoms with Crippen LogP contribution in [-0.4, -0.2) is 46.7 Å². The molecule has 0 atom stereocenters. The fraction of sp³-hybridized carbons (Fsp3) is 0.455. The van der Waals surface area contributed by atoms with Gasteiger partial charge in [-0.1, -0.05) is 5.16 Å². The first-order valence-electron chi connectivity index (χ1n) is 5.51. The number of ether oxygens (including phenoxy) is 2. The van der Waals surface area contributed by atoms with Crippen molar-refractivity contribution in [1.29, 1.82) is 0 Å². The summed E-state index contributed by atoms with van der Waals surface area (Å²) in [7, 11) is -2.32. The lowest BCUT2D eigenvalue weighted by Gasteiger charge is -2.05. The van der Waals surface area contributed by atoms with Gasteiger partial charge in [-0.2, -0.15) is 8.42 Å². The van der Waals surface area contributed by atoms with Crippen LogP contribution in [0.2, 0.25) is 0 Å². The molecular weight excluding hydrogens is 306 g/mol. The molecule has 0 aliphatic carbocycles. The predicted octanol–water partition coefficient (Wildman–Crippen LogP) is 0.926. The number of nitrogens with zero attached hydrogens (tertiary/aromatic N) is 1. The van der Waals surface area contributed by atoms with E-state index in [-0.39, 0.29) is 18.9 Å². The van der Waals surface area contributed by atoms with Gasteiger partial charge in [0, 0.05) is 7.11 Å². The lowest BCUT2D eigenvalue weighted by Crippen LogP contribution is -2.21. The average molecular weight is 321 g/mol. The number of hydrogen-bond donors (Lipinski definition) is 0. The van der Waals surface area contributed by atoms with Crippen LogP contribution in [0.25, 0.3) is 0 Å². The van der Waals surface area contributed by atoms with Crippen molar-refractivity contribution >= 4 is 33.1 Å². The molecule has 112 valence electrons. The Balaban J connectivity index is 2.93. The van der Waals surface area contributed by atoms with Gasteiger partial charge in [0.25, 0.3) is 0 Å². The summed E-state index contributed by atoms with van der Waals surface area (Å²) < 4.78 is 35.9. The number of esters is 1. The molecule has 0 bridgehead atoms. The molecule has 0 amide bonds. The molecule has 0 unspecified atom stereocenters. The van der Waals surface area contributed by atoms with Crippen molar-refractivity contribution in [2.24, 2.45) is 5.16 Å². The predicted molar refractivity (Wildman–Crippen MR) is 74.4 cm³/mol. The minimum Gasteiger partial charge on any atom is -0.458 e. The van der Waals surface area contributed by atoms with Gasteiger partial charge < -0.3 is 9.47 Å². The summed E-state index contributed by atoms with van der Waals surface area (Å²) in [5.41, 5.74) is 0.728. The van der Waals surface area contributed by atoms with Crippen molar-refractivity contribution in [3.8, 4) is 0 Å². The lowest BCUT2D eigenvalue weighted by molar-refractivity contribution is -0.136. The normalized spacial score (nSPS) is 12.2. The number of hydrogen-bond acceptors (Lipinski definition) is 8. The van der Waals surface area contributed by atoms with Crippen LogP contribution >= 0.6 is 11.3 Å². The van der Waals surface area contributed by atoms with Crippen molar-refractivity contribution in [3.63, 3.8) is 0 Å². The minimum absolute atomic E-state index is 0.0393. The third-order valence-electron chi connectivity index (χ3n) is 1.94. The first-order valence-corrected chi connectivity index (χ1v) is 8.21. The van der Waals surface area contributed by atoms with E-state index in [1.807, 2.05) is 6.92 Å². The quantitative estimate of drug-likeness (QED) is 0.321. The van der Waals surface area contributed by atoms with E-state index in [1.165, 1.54) is 18.4 Å². The second kappa shape index (κ2) is 7.36. The third kappa shape index (κ3) is 5.68. The molecule has 1 aromatic heterocycles. The number of aryl methyl sites for hydroxylation is 1. The minimum atomic E-state index is -3.79. The topological polar surface area (TPSA) is 91.3 Å². The fourth-order valence-corrected chi connectivity index (χ4v) is 2.21. The van der Waals surface area contributed by atoms with E-state index < -0.39 is 16.1 Å². The number of thiophene rings is 1. The maximum absolute atomic E-state index is 11.9. The molecule has 0 saturated carbocycles. The van der Waals surface area contributed by atoms with Gasteiger partial charge in [-0.3, -0.25) is 4.28 Å². The molecule has 0 spiro atoms. The molecule has 0 aliphatic rings. The van der Waals surface area contributed by atoms with E-state index in [2.05, 4.69) is 9.44 Å². The first-order chi connectivity index (χ1) is 9.33. The molecule has 1 rings (SSSR count). The van der Waals surface area contributed by atoms with Gasteiger partial charge in [0.15, 0.2) is 0 Å². The van der Waals surface area contributed by atoms with E-state index in [9.17, 15) is 13.2 Å². The summed E-state index contributed by atoms with van der Waals surface area (Å²) in [6, 6.07) is 1.69. The van der Waals surface area contributed by atoms with E-state index >= 15 is 0 Å². The molecule has 0 aliphatic heterocycles. The zero-order valence-corrected chi connectivity index (χ0v) is 12.9. The van der Waals surface area contributed by atoms with Crippen LogP contribution < -0.4 is 0 Å². The molecular formula is C11H15NO6S2. The van der Waals surface area contributed by atoms with E-state index in [0.29, 0.717) is 4.88 Å². The van der Waals surface area contributed by atoms with Crippen molar-refractivity contribution in [2.75, 3.05) is 26.6 Å². The molecule has 1 heterocycles. The van der Waals surface area contributed by atoms with Crippen LogP contribution in [0.15, 0.2) is 16.6 Å². The highest BCUT2D eigenvalue weighted by Crippen LogP contribution is 2.16. The molecule has 0 radical (unpaired) electrons. The van der Waals surface area contributed by atoms with Crippen LogP contribution in [0.5, 0.6) is 0 Å². The van der Waals surface area contributed by atoms with Gasteiger partial charge in [-0.05, 0) is 23.9 Å². The molecule has 0 aromatic carbocycles. The highest BCUT2D eigenvalue weighted by molar-refractivity contribution is 7.85. The molecule has 9 heteroatoms. The van der Waals surface area contributed by atoms with E-state index in [0.717, 1.165) is 11.8 Å². The van der Waals surface area contributed by atoms with Crippen LogP contribution in [0.4, 0.5) is 0 Å². The standard InChI is InChI=1S/C11H15NO6S2/c1-8-6-9(19-7-8)10(12-18-20(3,14)15)11(13)17-5-4-16-2/h6-7H,4-5H2,1-3H3. The number of carbonyl (C=O) groups is 1. The van der Waals surface area contributed by atoms with Crippen LogP contribution in [0.3, 0.4) is 0 Å². The van der Waals surface area contributed by atoms with Gasteiger partial charge in [-0.25, -0.2) is 4.79 Å². The largest absolute Gasteiger partial charge is 0.458 e. The Kier molecular flexibility index (Phi) is 6.11. The highest BCUT2D eigenvalue weighted by atomic mass is 32.2. The Morgan fingerprint density at radius 2 is 2.10 bits per heavy atom. The monoisotopic (exact) mass is 321 g/mol. The zero-order valence-electron chi connectivity index (χ0n) is 11.3. The Morgan fingerprint density at radius 3 is 2.60 bits per heavy atom. The van der Waals surface area contributed by atoms with Gasteiger partial charge in [0.1, 0.15) is 6.61 Å². The summed E-state index contributed by atoms with van der Waals surface area (Å²) in [5, 5.41) is 5.18. The summed E-state index contributed by atoms with van der Waals surface area (Å²) in [6.07, 6.45) is 0.837. The number of methoxy groups -OCH3 is 1. The zero-order chi connectivity index (χ0) is 15.2. The Hall–Kier alpha value is -1.45. The van der Waals surface area contributed by atoms with Crippen molar-refractivity contribution < 1.29 is 27.0 Å². The van der Waals surface area contributed by atoms with E-state index in [4.69, 9.17) is 9.47 Å². The Labute approximate surface area is 121 Å². The summed E-state index contributed by atoms with van der Waals surface area (Å²) in [5.74, 6) is -0.771. The van der Waals surface area contributed by atoms with E-state index in [1.54, 1.807) is 11.4 Å². The SMILES string of the molecule is COCCOC(=O)C(=NOS(C)(=O)=O)c1cc(C)cs1. The maximum atomic E-state index is 11.9. The average Bonchev–Trinajstić information content (AvgIpc) is 2.75. The van der Waals surface area contributed by atoms with Crippen LogP contribution in [0, 0.1) is 6.92 Å². The molecule has 0 saturated heterocycles. The van der Waals surface area contributed by atoms with Crippen molar-refractivity contribution in [1.82, 2.24) is 0 Å². The molecule has 7 nitrogen and oxygen atoms in total. The van der Waals surface area contributed by atoms with Crippen molar-refractivity contribution in [2.45, 2.75) is 6.92 Å². The summed E-state index contributed by atoms with van der Waals surface area (Å²) >= 11 is 1.24. The maximum Gasteiger partial charge on any atom is 0.362 e. The molecule has 0 N–H and O–H groups in total. The number of rotatable bonds is 7. The van der Waals surface area contributed by atoms with Crippen molar-refractivity contribution in [3.05, 3.63) is 21.9 Å². The van der Waals surface area contributed by atoms with Crippen LogP contribution in [-0.2, 0) is 28.7 Å². The van der Waals surface area contributed by atoms with Gasteiger partial charge in [-0.15, -0.1) is 11.3 Å². The lowest BCUT2D eigenvalue weighted by atomic mass is 10.2. The second-order valence-electron chi connectivity index (χ2n) is 3.84. The van der Waals surface area contributed by atoms with Gasteiger partial charge in [0.2, 0.25) is 5.71 Å². The smallest absolute Gasteiger partial charge is 0.362 e. The number of carbonyl (C=O) groups excluding carboxylic acids is 1.